The molecular formula is C57H38N6S. The van der Waals surface area contributed by atoms with Gasteiger partial charge in [0, 0.05) is 59.2 Å². The van der Waals surface area contributed by atoms with E-state index in [0.29, 0.717) is 5.56 Å². The summed E-state index contributed by atoms with van der Waals surface area (Å²) in [6, 6.07) is 70.9. The van der Waals surface area contributed by atoms with Gasteiger partial charge in [-0.3, -0.25) is 0 Å². The van der Waals surface area contributed by atoms with Crippen molar-refractivity contribution >= 4 is 99.2 Å². The lowest BCUT2D eigenvalue weighted by Gasteiger charge is -2.12. The van der Waals surface area contributed by atoms with Crippen LogP contribution in [0.1, 0.15) is 19.4 Å². The van der Waals surface area contributed by atoms with Crippen molar-refractivity contribution in [3.05, 3.63) is 200 Å². The largest absolute Gasteiger partial charge is 0.309 e. The van der Waals surface area contributed by atoms with Crippen LogP contribution in [-0.4, -0.2) is 23.7 Å². The van der Waals surface area contributed by atoms with E-state index in [-0.39, 0.29) is 0 Å². The Morgan fingerprint density at radius 3 is 1.45 bits per heavy atom. The maximum atomic E-state index is 9.36. The summed E-state index contributed by atoms with van der Waals surface area (Å²) in [6.07, 6.45) is 0. The Morgan fingerprint density at radius 2 is 0.859 bits per heavy atom. The molecule has 0 aliphatic rings. The van der Waals surface area contributed by atoms with Crippen LogP contribution in [0.4, 0.5) is 0 Å². The van der Waals surface area contributed by atoms with Gasteiger partial charge >= 0.3 is 0 Å². The van der Waals surface area contributed by atoms with E-state index < -0.39 is 0 Å². The molecule has 9 aromatic carbocycles. The second kappa shape index (κ2) is 15.0. The van der Waals surface area contributed by atoms with E-state index in [1.54, 1.807) is 11.8 Å². The van der Waals surface area contributed by atoms with Gasteiger partial charge in [-0.05, 0) is 115 Å². The van der Waals surface area contributed by atoms with Crippen molar-refractivity contribution in [3.63, 3.8) is 0 Å². The SMILES string of the molecule is CC.N#Cc1ccc(Sc2ccc(-n3c4c(ccc5c4c4ccccc4n5-c4ccccc4)c4ccc5c(c6ccccc6n5-c5ccc6nc7ccccc7nc6c5)c43)cc2)cc1. The van der Waals surface area contributed by atoms with Crippen molar-refractivity contribution in [3.8, 4) is 23.1 Å². The monoisotopic (exact) mass is 838 g/mol. The lowest BCUT2D eigenvalue weighted by atomic mass is 10.1. The van der Waals surface area contributed by atoms with Gasteiger partial charge in [-0.2, -0.15) is 5.26 Å². The first-order valence-electron chi connectivity index (χ1n) is 21.6. The molecule has 0 N–H and O–H groups in total. The molecule has 13 aromatic rings. The number of aromatic nitrogens is 5. The minimum atomic E-state index is 0.659. The van der Waals surface area contributed by atoms with Crippen LogP contribution < -0.4 is 0 Å². The number of hydrogen-bond donors (Lipinski definition) is 0. The Morgan fingerprint density at radius 1 is 0.391 bits per heavy atom. The molecule has 0 bridgehead atoms. The van der Waals surface area contributed by atoms with E-state index in [1.165, 1.54) is 43.4 Å². The van der Waals surface area contributed by atoms with Gasteiger partial charge in [0.2, 0.25) is 0 Å². The van der Waals surface area contributed by atoms with Crippen molar-refractivity contribution in [2.24, 2.45) is 0 Å². The summed E-state index contributed by atoms with van der Waals surface area (Å²) in [6.45, 7) is 4.00. The molecule has 4 aromatic heterocycles. The highest BCUT2D eigenvalue weighted by atomic mass is 32.2. The Kier molecular flexibility index (Phi) is 8.82. The summed E-state index contributed by atoms with van der Waals surface area (Å²) < 4.78 is 7.30. The lowest BCUT2D eigenvalue weighted by Crippen LogP contribution is -1.97. The Hall–Kier alpha value is -8.18. The predicted octanol–water partition coefficient (Wildman–Crippen LogP) is 15.1. The van der Waals surface area contributed by atoms with E-state index in [0.717, 1.165) is 71.0 Å². The van der Waals surface area contributed by atoms with E-state index in [9.17, 15) is 5.26 Å². The van der Waals surface area contributed by atoms with E-state index in [4.69, 9.17) is 9.97 Å². The van der Waals surface area contributed by atoms with E-state index in [2.05, 4.69) is 165 Å². The zero-order valence-corrected chi connectivity index (χ0v) is 35.9. The highest BCUT2D eigenvalue weighted by Crippen LogP contribution is 2.46. The maximum Gasteiger partial charge on any atom is 0.0991 e. The van der Waals surface area contributed by atoms with E-state index >= 15 is 0 Å². The van der Waals surface area contributed by atoms with Crippen LogP contribution in [0, 0.1) is 11.3 Å². The van der Waals surface area contributed by atoms with Gasteiger partial charge in [-0.15, -0.1) is 0 Å². The van der Waals surface area contributed by atoms with Crippen molar-refractivity contribution in [1.29, 1.82) is 5.26 Å². The quantitative estimate of drug-likeness (QED) is 0.162. The highest BCUT2D eigenvalue weighted by molar-refractivity contribution is 7.99. The maximum absolute atomic E-state index is 9.36. The number of rotatable bonds is 5. The van der Waals surface area contributed by atoms with E-state index in [1.807, 2.05) is 62.4 Å². The minimum Gasteiger partial charge on any atom is -0.309 e. The fourth-order valence-corrected chi connectivity index (χ4v) is 10.4. The third-order valence-electron chi connectivity index (χ3n) is 12.3. The molecule has 0 fully saturated rings. The second-order valence-corrected chi connectivity index (χ2v) is 16.9. The molecule has 0 saturated carbocycles. The first-order chi connectivity index (χ1) is 31.7. The van der Waals surface area contributed by atoms with Gasteiger partial charge in [0.25, 0.3) is 0 Å². The number of benzene rings is 9. The molecule has 0 radical (unpaired) electrons. The summed E-state index contributed by atoms with van der Waals surface area (Å²) in [5, 5.41) is 16.5. The smallest absolute Gasteiger partial charge is 0.0991 e. The van der Waals surface area contributed by atoms with Crippen LogP contribution in [-0.2, 0) is 0 Å². The van der Waals surface area contributed by atoms with Crippen LogP contribution in [0.2, 0.25) is 0 Å². The molecular weight excluding hydrogens is 801 g/mol. The molecule has 0 unspecified atom stereocenters. The summed E-state index contributed by atoms with van der Waals surface area (Å²) >= 11 is 1.70. The summed E-state index contributed by atoms with van der Waals surface area (Å²) in [5.74, 6) is 0. The second-order valence-electron chi connectivity index (χ2n) is 15.7. The van der Waals surface area contributed by atoms with Gasteiger partial charge < -0.3 is 13.7 Å². The summed E-state index contributed by atoms with van der Waals surface area (Å²) in [7, 11) is 0. The molecule has 0 spiro atoms. The average Bonchev–Trinajstić information content (AvgIpc) is 4.00. The molecule has 6 nitrogen and oxygen atoms in total. The van der Waals surface area contributed by atoms with Crippen LogP contribution in [0.3, 0.4) is 0 Å². The van der Waals surface area contributed by atoms with Crippen molar-refractivity contribution < 1.29 is 0 Å². The zero-order chi connectivity index (χ0) is 42.9. The van der Waals surface area contributed by atoms with Crippen molar-refractivity contribution in [1.82, 2.24) is 23.7 Å². The Balaban J connectivity index is 0.00000214. The lowest BCUT2D eigenvalue weighted by molar-refractivity contribution is 1.17. The van der Waals surface area contributed by atoms with Crippen molar-refractivity contribution in [2.45, 2.75) is 23.6 Å². The summed E-state index contributed by atoms with van der Waals surface area (Å²) in [4.78, 5) is 12.2. The highest BCUT2D eigenvalue weighted by Gasteiger charge is 2.25. The van der Waals surface area contributed by atoms with Gasteiger partial charge in [0.15, 0.2) is 0 Å². The number of nitrogens with zero attached hydrogens (tertiary/aromatic N) is 6. The third kappa shape index (κ3) is 5.73. The fourth-order valence-electron chi connectivity index (χ4n) is 9.63. The molecule has 64 heavy (non-hydrogen) atoms. The number of nitriles is 1. The van der Waals surface area contributed by atoms with Crippen LogP contribution in [0.25, 0.3) is 105 Å². The third-order valence-corrected chi connectivity index (χ3v) is 13.3. The molecule has 13 rings (SSSR count). The van der Waals surface area contributed by atoms with Gasteiger partial charge in [0.05, 0.1) is 66.8 Å². The molecule has 0 aliphatic heterocycles. The first kappa shape index (κ1) is 37.6. The average molecular weight is 839 g/mol. The molecule has 302 valence electrons. The number of hydrogen-bond acceptors (Lipinski definition) is 4. The molecule has 0 aliphatic carbocycles. The van der Waals surface area contributed by atoms with Crippen LogP contribution in [0.5, 0.6) is 0 Å². The Labute approximate surface area is 372 Å². The van der Waals surface area contributed by atoms with Crippen molar-refractivity contribution in [2.75, 3.05) is 0 Å². The molecule has 0 atom stereocenters. The number of para-hydroxylation sites is 5. The standard InChI is InChI=1S/C55H32N6S.C2H6/c56-33-34-18-23-38(24-19-34)62-39-25-20-36(21-26-39)61-54-40(27-30-50-52(54)42-12-4-8-16-48(42)59(50)35-10-2-1-3-11-35)41-28-31-51-53(55(41)61)43-13-5-9-17-49(43)60(51)37-22-29-46-47(32-37)58-45-15-7-6-14-44(45)57-46;1-2/h1-32H;1-2H3. The minimum absolute atomic E-state index is 0.659. The topological polar surface area (TPSA) is 64.4 Å². The normalized spacial score (nSPS) is 11.6. The van der Waals surface area contributed by atoms with Gasteiger partial charge in [-0.1, -0.05) is 104 Å². The van der Waals surface area contributed by atoms with Gasteiger partial charge in [-0.25, -0.2) is 9.97 Å². The summed E-state index contributed by atoms with van der Waals surface area (Å²) in [5.41, 5.74) is 14.3. The molecule has 7 heteroatoms. The Bertz CT molecular complexity index is 4000. The molecule has 4 heterocycles. The van der Waals surface area contributed by atoms with Crippen LogP contribution >= 0.6 is 11.8 Å². The number of fused-ring (bicyclic) bond motifs is 13. The molecule has 0 saturated heterocycles. The van der Waals surface area contributed by atoms with Gasteiger partial charge in [0.1, 0.15) is 0 Å². The fraction of sp³-hybridized carbons (Fsp3) is 0.0351. The van der Waals surface area contributed by atoms with Crippen LogP contribution in [0.15, 0.2) is 204 Å². The zero-order valence-electron chi connectivity index (χ0n) is 35.1. The first-order valence-corrected chi connectivity index (χ1v) is 22.5. The molecule has 0 amide bonds. The predicted molar refractivity (Wildman–Crippen MR) is 267 cm³/mol.